The van der Waals surface area contributed by atoms with Crippen molar-refractivity contribution in [2.45, 2.75) is 26.3 Å². The summed E-state index contributed by atoms with van der Waals surface area (Å²) in [5.74, 6) is 1.08. The first kappa shape index (κ1) is 27.0. The number of nitrogens with one attached hydrogen (secondary N) is 2. The van der Waals surface area contributed by atoms with Gasteiger partial charge in [0.05, 0.1) is 17.2 Å². The number of imidazole rings is 1. The SMILES string of the molecule is CC(=O)c1ccccc1-c1cc(F)ccc1Oc1cncnc1N1CCC2(CCN(Cc3ccc4[nH]c(=O)[nH]c4c3)C2)C1. The van der Waals surface area contributed by atoms with Crippen LogP contribution in [0.3, 0.4) is 0 Å². The fourth-order valence-electron chi connectivity index (χ4n) is 6.61. The van der Waals surface area contributed by atoms with Gasteiger partial charge in [0.15, 0.2) is 17.4 Å². The minimum absolute atomic E-state index is 0.109. The lowest BCUT2D eigenvalue weighted by molar-refractivity contribution is 0.101. The topological polar surface area (TPSA) is 107 Å². The van der Waals surface area contributed by atoms with E-state index in [2.05, 4.69) is 35.8 Å². The third kappa shape index (κ3) is 5.30. The van der Waals surface area contributed by atoms with Gasteiger partial charge in [0.2, 0.25) is 0 Å². The molecule has 2 aliphatic rings. The molecule has 0 aliphatic carbocycles. The number of ether oxygens (including phenoxy) is 1. The molecule has 7 rings (SSSR count). The smallest absolute Gasteiger partial charge is 0.323 e. The van der Waals surface area contributed by atoms with Crippen LogP contribution in [-0.2, 0) is 6.54 Å². The number of anilines is 1. The fourth-order valence-corrected chi connectivity index (χ4v) is 6.61. The Bertz CT molecular complexity index is 1900. The van der Waals surface area contributed by atoms with Gasteiger partial charge in [-0.05, 0) is 67.8 Å². The lowest BCUT2D eigenvalue weighted by atomic mass is 9.86. The molecule has 5 aromatic rings. The largest absolute Gasteiger partial charge is 0.451 e. The van der Waals surface area contributed by atoms with E-state index in [-0.39, 0.29) is 16.9 Å². The number of carbonyl (C=O) groups excluding carboxylic acids is 1. The predicted molar refractivity (Wildman–Crippen MR) is 162 cm³/mol. The van der Waals surface area contributed by atoms with E-state index >= 15 is 0 Å². The highest BCUT2D eigenvalue weighted by atomic mass is 19.1. The number of hydrogen-bond donors (Lipinski definition) is 2. The summed E-state index contributed by atoms with van der Waals surface area (Å²) >= 11 is 0. The number of hydrogen-bond acceptors (Lipinski definition) is 7. The Morgan fingerprint density at radius 2 is 1.81 bits per heavy atom. The standard InChI is InChI=1S/C33H31FN6O3/c1-21(41)24-4-2-3-5-25(24)26-15-23(34)7-9-29(26)43-30-16-35-20-36-31(30)40-13-11-33(19-40)10-12-39(18-33)17-22-6-8-27-28(14-22)38-32(42)37-27/h2-9,14-16,20H,10-13,17-19H2,1H3,(H2,37,38,42). The highest BCUT2D eigenvalue weighted by molar-refractivity contribution is 6.01. The van der Waals surface area contributed by atoms with Crippen molar-refractivity contribution in [1.29, 1.82) is 0 Å². The molecule has 218 valence electrons. The van der Waals surface area contributed by atoms with E-state index in [1.54, 1.807) is 30.5 Å². The van der Waals surface area contributed by atoms with Crippen LogP contribution in [-0.4, -0.2) is 56.8 Å². The Morgan fingerprint density at radius 3 is 2.70 bits per heavy atom. The van der Waals surface area contributed by atoms with Gasteiger partial charge in [0.25, 0.3) is 0 Å². The molecular weight excluding hydrogens is 547 g/mol. The average Bonchev–Trinajstić information content (AvgIpc) is 3.71. The van der Waals surface area contributed by atoms with Crippen molar-refractivity contribution in [2.24, 2.45) is 5.41 Å². The van der Waals surface area contributed by atoms with Crippen LogP contribution in [0.25, 0.3) is 22.2 Å². The van der Waals surface area contributed by atoms with E-state index in [0.29, 0.717) is 34.0 Å². The summed E-state index contributed by atoms with van der Waals surface area (Å²) in [5.41, 5.74) is 4.35. The second-order valence-corrected chi connectivity index (χ2v) is 11.6. The third-order valence-corrected chi connectivity index (χ3v) is 8.66. The first-order chi connectivity index (χ1) is 20.9. The number of fused-ring (bicyclic) bond motifs is 1. The molecule has 4 heterocycles. The monoisotopic (exact) mass is 578 g/mol. The maximum Gasteiger partial charge on any atom is 0.323 e. The molecule has 9 nitrogen and oxygen atoms in total. The van der Waals surface area contributed by atoms with Crippen molar-refractivity contribution in [3.63, 3.8) is 0 Å². The number of aromatic amines is 2. The number of benzene rings is 3. The third-order valence-electron chi connectivity index (χ3n) is 8.66. The minimum atomic E-state index is -0.418. The van der Waals surface area contributed by atoms with Crippen LogP contribution < -0.4 is 15.3 Å². The lowest BCUT2D eigenvalue weighted by Gasteiger charge is -2.26. The molecule has 1 atom stereocenters. The summed E-state index contributed by atoms with van der Waals surface area (Å²) in [7, 11) is 0. The van der Waals surface area contributed by atoms with Crippen LogP contribution in [0.1, 0.15) is 35.7 Å². The number of H-pyrrole nitrogens is 2. The summed E-state index contributed by atoms with van der Waals surface area (Å²) < 4.78 is 20.8. The van der Waals surface area contributed by atoms with Crippen LogP contribution in [0, 0.1) is 11.2 Å². The van der Waals surface area contributed by atoms with Crippen molar-refractivity contribution in [3.05, 3.63) is 101 Å². The van der Waals surface area contributed by atoms with Gasteiger partial charge >= 0.3 is 5.69 Å². The second-order valence-electron chi connectivity index (χ2n) is 11.6. The van der Waals surface area contributed by atoms with E-state index in [1.165, 1.54) is 30.9 Å². The van der Waals surface area contributed by atoms with E-state index in [1.807, 2.05) is 18.2 Å². The molecule has 2 fully saturated rings. The highest BCUT2D eigenvalue weighted by Crippen LogP contribution is 2.44. The minimum Gasteiger partial charge on any atom is -0.451 e. The molecule has 2 N–H and O–H groups in total. The predicted octanol–water partition coefficient (Wildman–Crippen LogP) is 5.55. The lowest BCUT2D eigenvalue weighted by Crippen LogP contribution is -2.31. The zero-order valence-corrected chi connectivity index (χ0v) is 23.8. The zero-order chi connectivity index (χ0) is 29.6. The number of aromatic nitrogens is 4. The molecule has 10 heteroatoms. The Hall–Kier alpha value is -4.83. The van der Waals surface area contributed by atoms with Crippen LogP contribution in [0.5, 0.6) is 11.5 Å². The van der Waals surface area contributed by atoms with E-state index in [4.69, 9.17) is 4.74 Å². The number of halogens is 1. The van der Waals surface area contributed by atoms with Crippen LogP contribution in [0.2, 0.25) is 0 Å². The fraction of sp³-hybridized carbons (Fsp3) is 0.273. The Morgan fingerprint density at radius 1 is 0.977 bits per heavy atom. The van der Waals surface area contributed by atoms with Crippen LogP contribution in [0.4, 0.5) is 10.2 Å². The normalized spacial score (nSPS) is 18.6. The molecule has 2 aromatic heterocycles. The second kappa shape index (κ2) is 10.8. The molecule has 0 amide bonds. The average molecular weight is 579 g/mol. The maximum absolute atomic E-state index is 14.4. The van der Waals surface area contributed by atoms with Gasteiger partial charge in [0, 0.05) is 42.7 Å². The first-order valence-electron chi connectivity index (χ1n) is 14.4. The molecule has 3 aromatic carbocycles. The Labute approximate surface area is 247 Å². The summed E-state index contributed by atoms with van der Waals surface area (Å²) in [4.78, 5) is 43.2. The number of ketones is 1. The van der Waals surface area contributed by atoms with Crippen molar-refractivity contribution >= 4 is 22.6 Å². The Kier molecular flexibility index (Phi) is 6.78. The van der Waals surface area contributed by atoms with Gasteiger partial charge in [-0.2, -0.15) is 0 Å². The molecule has 0 saturated carbocycles. The summed E-state index contributed by atoms with van der Waals surface area (Å²) in [6.07, 6.45) is 5.27. The molecule has 1 unspecified atom stereocenters. The van der Waals surface area contributed by atoms with Gasteiger partial charge in [-0.1, -0.05) is 30.3 Å². The van der Waals surface area contributed by atoms with Crippen molar-refractivity contribution < 1.29 is 13.9 Å². The quantitative estimate of drug-likeness (QED) is 0.244. The van der Waals surface area contributed by atoms with Gasteiger partial charge in [-0.15, -0.1) is 0 Å². The van der Waals surface area contributed by atoms with E-state index in [0.717, 1.165) is 56.6 Å². The number of nitrogens with zero attached hydrogens (tertiary/aromatic N) is 4. The van der Waals surface area contributed by atoms with Gasteiger partial charge in [0.1, 0.15) is 17.9 Å². The molecular formula is C33H31FN6O3. The molecule has 43 heavy (non-hydrogen) atoms. The molecule has 0 radical (unpaired) electrons. The number of Topliss-reactive ketones (excluding diaryl/α,β-unsaturated/α-hetero) is 1. The van der Waals surface area contributed by atoms with Crippen molar-refractivity contribution in [1.82, 2.24) is 24.8 Å². The summed E-state index contributed by atoms with van der Waals surface area (Å²) in [6, 6.07) is 17.5. The number of carbonyl (C=O) groups is 1. The molecule has 2 aliphatic heterocycles. The summed E-state index contributed by atoms with van der Waals surface area (Å²) in [5, 5.41) is 0. The van der Waals surface area contributed by atoms with Crippen molar-refractivity contribution in [3.8, 4) is 22.6 Å². The number of rotatable bonds is 7. The number of likely N-dealkylation sites (tertiary alicyclic amines) is 1. The highest BCUT2D eigenvalue weighted by Gasteiger charge is 2.44. The first-order valence-corrected chi connectivity index (χ1v) is 14.4. The Balaban J connectivity index is 1.10. The molecule has 2 saturated heterocycles. The van der Waals surface area contributed by atoms with Crippen LogP contribution in [0.15, 0.2) is 78.0 Å². The zero-order valence-electron chi connectivity index (χ0n) is 23.8. The van der Waals surface area contributed by atoms with E-state index < -0.39 is 5.82 Å². The molecule has 1 spiro atoms. The van der Waals surface area contributed by atoms with Gasteiger partial charge in [-0.3, -0.25) is 9.69 Å². The van der Waals surface area contributed by atoms with Gasteiger partial charge < -0.3 is 19.6 Å². The van der Waals surface area contributed by atoms with Gasteiger partial charge in [-0.25, -0.2) is 19.2 Å². The van der Waals surface area contributed by atoms with Crippen molar-refractivity contribution in [2.75, 3.05) is 31.1 Å². The maximum atomic E-state index is 14.4. The summed E-state index contributed by atoms with van der Waals surface area (Å²) in [6.45, 7) is 5.96. The molecule has 0 bridgehead atoms. The van der Waals surface area contributed by atoms with E-state index in [9.17, 15) is 14.0 Å². The van der Waals surface area contributed by atoms with Crippen LogP contribution >= 0.6 is 0 Å².